The highest BCUT2D eigenvalue weighted by atomic mass is 16.5. The van der Waals surface area contributed by atoms with Crippen molar-refractivity contribution in [2.75, 3.05) is 26.7 Å². The van der Waals surface area contributed by atoms with E-state index in [-0.39, 0.29) is 30.6 Å². The van der Waals surface area contributed by atoms with Gasteiger partial charge in [0.1, 0.15) is 18.0 Å². The Morgan fingerprint density at radius 1 is 1.18 bits per heavy atom. The summed E-state index contributed by atoms with van der Waals surface area (Å²) >= 11 is 0. The number of hydrogen-bond acceptors (Lipinski definition) is 7. The van der Waals surface area contributed by atoms with Crippen LogP contribution in [0.25, 0.3) is 11.1 Å². The molecule has 0 saturated carbocycles. The summed E-state index contributed by atoms with van der Waals surface area (Å²) in [4.78, 5) is 30.2. The van der Waals surface area contributed by atoms with Crippen molar-refractivity contribution < 1.29 is 14.6 Å². The lowest BCUT2D eigenvalue weighted by atomic mass is 9.99. The minimum absolute atomic E-state index is 0.0355. The molecule has 0 saturated heterocycles. The van der Waals surface area contributed by atoms with Crippen LogP contribution in [0, 0.1) is 5.92 Å². The average molecular weight is 462 g/mol. The van der Waals surface area contributed by atoms with E-state index in [9.17, 15) is 9.90 Å². The first kappa shape index (κ1) is 23.8. The Kier molecular flexibility index (Phi) is 7.49. The molecule has 34 heavy (non-hydrogen) atoms. The van der Waals surface area contributed by atoms with E-state index in [0.717, 1.165) is 17.7 Å². The maximum atomic E-state index is 13.5. The SMILES string of the molecule is C[C@@H]1CN([C@H](C)CO)C(=O)c2cc(-c3cncnc3)cnc2O[C@@H]1CN(C)Cc1ccccc1. The van der Waals surface area contributed by atoms with Gasteiger partial charge in [-0.05, 0) is 25.6 Å². The van der Waals surface area contributed by atoms with Crippen molar-refractivity contribution in [3.63, 3.8) is 0 Å². The lowest BCUT2D eigenvalue weighted by Gasteiger charge is -2.37. The van der Waals surface area contributed by atoms with Crippen LogP contribution < -0.4 is 4.74 Å². The van der Waals surface area contributed by atoms with Gasteiger partial charge < -0.3 is 14.7 Å². The van der Waals surface area contributed by atoms with Crippen molar-refractivity contribution in [1.82, 2.24) is 24.8 Å². The Labute approximate surface area is 200 Å². The number of pyridine rings is 1. The Morgan fingerprint density at radius 2 is 1.91 bits per heavy atom. The summed E-state index contributed by atoms with van der Waals surface area (Å²) in [5, 5.41) is 9.84. The van der Waals surface area contributed by atoms with E-state index < -0.39 is 0 Å². The van der Waals surface area contributed by atoms with E-state index in [0.29, 0.717) is 24.5 Å². The molecule has 0 radical (unpaired) electrons. The third kappa shape index (κ3) is 5.40. The van der Waals surface area contributed by atoms with Gasteiger partial charge in [0.25, 0.3) is 5.91 Å². The number of nitrogens with zero attached hydrogens (tertiary/aromatic N) is 5. The van der Waals surface area contributed by atoms with Gasteiger partial charge in [0.2, 0.25) is 5.88 Å². The monoisotopic (exact) mass is 461 g/mol. The van der Waals surface area contributed by atoms with Gasteiger partial charge in [0, 0.05) is 55.3 Å². The zero-order valence-corrected chi connectivity index (χ0v) is 19.8. The van der Waals surface area contributed by atoms with Crippen LogP contribution in [0.3, 0.4) is 0 Å². The predicted octanol–water partition coefficient (Wildman–Crippen LogP) is 2.89. The Balaban J connectivity index is 1.65. The molecule has 1 N–H and O–H groups in total. The third-order valence-electron chi connectivity index (χ3n) is 6.20. The van der Waals surface area contributed by atoms with Crippen LogP contribution in [0.1, 0.15) is 29.8 Å². The van der Waals surface area contributed by atoms with Gasteiger partial charge in [-0.15, -0.1) is 0 Å². The summed E-state index contributed by atoms with van der Waals surface area (Å²) in [5.41, 5.74) is 3.10. The summed E-state index contributed by atoms with van der Waals surface area (Å²) in [6.07, 6.45) is 6.32. The molecule has 0 unspecified atom stereocenters. The van der Waals surface area contributed by atoms with Crippen molar-refractivity contribution in [3.8, 4) is 17.0 Å². The second-order valence-corrected chi connectivity index (χ2v) is 9.01. The zero-order valence-electron chi connectivity index (χ0n) is 19.8. The molecule has 1 aliphatic heterocycles. The van der Waals surface area contributed by atoms with E-state index in [4.69, 9.17) is 4.74 Å². The molecule has 4 rings (SSSR count). The summed E-state index contributed by atoms with van der Waals surface area (Å²) in [5.74, 6) is 0.143. The molecule has 0 bridgehead atoms. The number of carbonyl (C=O) groups excluding carboxylic acids is 1. The van der Waals surface area contributed by atoms with E-state index >= 15 is 0 Å². The smallest absolute Gasteiger partial charge is 0.259 e. The van der Waals surface area contributed by atoms with Crippen LogP contribution in [-0.4, -0.2) is 74.7 Å². The Hall–Kier alpha value is -3.36. The molecule has 1 amide bonds. The number of ether oxygens (including phenoxy) is 1. The van der Waals surface area contributed by atoms with Crippen molar-refractivity contribution >= 4 is 5.91 Å². The quantitative estimate of drug-likeness (QED) is 0.578. The fourth-order valence-electron chi connectivity index (χ4n) is 4.19. The molecule has 3 atom stereocenters. The molecule has 8 heteroatoms. The first-order chi connectivity index (χ1) is 16.5. The number of carbonyl (C=O) groups is 1. The highest BCUT2D eigenvalue weighted by Gasteiger charge is 2.34. The number of fused-ring (bicyclic) bond motifs is 1. The molecular weight excluding hydrogens is 430 g/mol. The van der Waals surface area contributed by atoms with Gasteiger partial charge in [-0.25, -0.2) is 15.0 Å². The van der Waals surface area contributed by atoms with Crippen molar-refractivity contribution in [2.45, 2.75) is 32.5 Å². The van der Waals surface area contributed by atoms with Gasteiger partial charge in [0.05, 0.1) is 12.6 Å². The molecule has 1 aromatic carbocycles. The molecule has 178 valence electrons. The number of aliphatic hydroxyl groups is 1. The molecule has 1 aliphatic rings. The minimum Gasteiger partial charge on any atom is -0.472 e. The van der Waals surface area contributed by atoms with E-state index in [2.05, 4.69) is 46.0 Å². The first-order valence-electron chi connectivity index (χ1n) is 11.5. The normalized spacial score (nSPS) is 19.2. The largest absolute Gasteiger partial charge is 0.472 e. The van der Waals surface area contributed by atoms with E-state index in [1.54, 1.807) is 29.6 Å². The standard InChI is InChI=1S/C26H31N5O3/c1-18-13-31(19(2)16-32)26(33)23-9-21(22-10-27-17-28-11-22)12-29-25(23)34-24(18)15-30(3)14-20-7-5-4-6-8-20/h4-12,17-19,24,32H,13-16H2,1-3H3/t18-,19-,24-/m1/s1. The van der Waals surface area contributed by atoms with E-state index in [1.165, 1.54) is 11.9 Å². The second kappa shape index (κ2) is 10.7. The number of amides is 1. The predicted molar refractivity (Wildman–Crippen MR) is 129 cm³/mol. The maximum absolute atomic E-state index is 13.5. The number of benzene rings is 1. The molecule has 0 aliphatic carbocycles. The van der Waals surface area contributed by atoms with Crippen LogP contribution in [-0.2, 0) is 6.54 Å². The van der Waals surface area contributed by atoms with Crippen molar-refractivity contribution in [3.05, 3.63) is 72.4 Å². The molecular formula is C26H31N5O3. The number of aliphatic hydroxyl groups excluding tert-OH is 1. The fraction of sp³-hybridized carbons (Fsp3) is 0.385. The summed E-state index contributed by atoms with van der Waals surface area (Å²) in [6.45, 7) is 5.74. The van der Waals surface area contributed by atoms with Crippen LogP contribution in [0.5, 0.6) is 5.88 Å². The minimum atomic E-state index is -0.327. The van der Waals surface area contributed by atoms with Gasteiger partial charge in [0.15, 0.2) is 0 Å². The molecule has 2 aromatic heterocycles. The lowest BCUT2D eigenvalue weighted by Crippen LogP contribution is -2.49. The Morgan fingerprint density at radius 3 is 2.62 bits per heavy atom. The highest BCUT2D eigenvalue weighted by Crippen LogP contribution is 2.30. The highest BCUT2D eigenvalue weighted by molar-refractivity contribution is 5.98. The van der Waals surface area contributed by atoms with Crippen LogP contribution >= 0.6 is 0 Å². The van der Waals surface area contributed by atoms with Crippen molar-refractivity contribution in [1.29, 1.82) is 0 Å². The van der Waals surface area contributed by atoms with Gasteiger partial charge in [-0.3, -0.25) is 9.69 Å². The maximum Gasteiger partial charge on any atom is 0.259 e. The molecule has 3 heterocycles. The Bertz CT molecular complexity index is 1100. The second-order valence-electron chi connectivity index (χ2n) is 9.01. The lowest BCUT2D eigenvalue weighted by molar-refractivity contribution is 0.0325. The van der Waals surface area contributed by atoms with Crippen LogP contribution in [0.15, 0.2) is 61.3 Å². The molecule has 8 nitrogen and oxygen atoms in total. The molecule has 3 aromatic rings. The number of aromatic nitrogens is 3. The van der Waals surface area contributed by atoms with Crippen molar-refractivity contribution in [2.24, 2.45) is 5.92 Å². The summed E-state index contributed by atoms with van der Waals surface area (Å²) in [7, 11) is 2.06. The fourth-order valence-corrected chi connectivity index (χ4v) is 4.19. The molecule has 0 fully saturated rings. The van der Waals surface area contributed by atoms with Crippen LogP contribution in [0.4, 0.5) is 0 Å². The number of hydrogen-bond donors (Lipinski definition) is 1. The summed E-state index contributed by atoms with van der Waals surface area (Å²) in [6, 6.07) is 11.7. The van der Waals surface area contributed by atoms with Crippen LogP contribution in [0.2, 0.25) is 0 Å². The number of rotatable bonds is 7. The van der Waals surface area contributed by atoms with Gasteiger partial charge >= 0.3 is 0 Å². The van der Waals surface area contributed by atoms with Gasteiger partial charge in [-0.2, -0.15) is 0 Å². The average Bonchev–Trinajstić information content (AvgIpc) is 2.86. The van der Waals surface area contributed by atoms with Gasteiger partial charge in [-0.1, -0.05) is 37.3 Å². The third-order valence-corrected chi connectivity index (χ3v) is 6.20. The van der Waals surface area contributed by atoms with E-state index in [1.807, 2.05) is 25.1 Å². The molecule has 0 spiro atoms. The topological polar surface area (TPSA) is 91.7 Å². The first-order valence-corrected chi connectivity index (χ1v) is 11.5. The summed E-state index contributed by atoms with van der Waals surface area (Å²) < 4.78 is 6.39. The number of likely N-dealkylation sites (N-methyl/N-ethyl adjacent to an activating group) is 1. The zero-order chi connectivity index (χ0) is 24.1.